The summed E-state index contributed by atoms with van der Waals surface area (Å²) in [7, 11) is 1.62. The number of ketones is 1. The summed E-state index contributed by atoms with van der Waals surface area (Å²) in [4.78, 5) is 13.0. The maximum absolute atomic E-state index is 13.0. The smallest absolute Gasteiger partial charge is 0.222 e. The number of ether oxygens (including phenoxy) is 3. The molecule has 0 spiro atoms. The maximum Gasteiger partial charge on any atom is 0.222 e. The van der Waals surface area contributed by atoms with Crippen LogP contribution in [0.2, 0.25) is 0 Å². The lowest BCUT2D eigenvalue weighted by atomic mass is 10.1. The van der Waals surface area contributed by atoms with E-state index in [-0.39, 0.29) is 5.78 Å². The molecule has 1 aromatic rings. The average molecular weight is 487 g/mol. The largest absolute Gasteiger partial charge is 0.497 e. The van der Waals surface area contributed by atoms with E-state index in [1.165, 1.54) is 64.2 Å². The molecule has 0 unspecified atom stereocenters. The lowest BCUT2D eigenvalue weighted by Gasteiger charge is -2.18. The van der Waals surface area contributed by atoms with Crippen LogP contribution >= 0.6 is 0 Å². The molecule has 0 aliphatic heterocycles. The summed E-state index contributed by atoms with van der Waals surface area (Å²) < 4.78 is 17.1. The monoisotopic (exact) mass is 486 g/mol. The van der Waals surface area contributed by atoms with Crippen molar-refractivity contribution in [2.24, 2.45) is 0 Å². The number of unbranched alkanes of at least 4 members (excludes halogenated alkanes) is 14. The second-order valence-corrected chi connectivity index (χ2v) is 9.27. The molecule has 4 nitrogen and oxygen atoms in total. The van der Waals surface area contributed by atoms with E-state index in [1.807, 2.05) is 12.2 Å². The lowest BCUT2D eigenvalue weighted by Crippen LogP contribution is -2.28. The number of allylic oxidation sites excluding steroid dienone is 2. The molecular formula is C31H50O4. The third-order valence-corrected chi connectivity index (χ3v) is 6.23. The van der Waals surface area contributed by atoms with Gasteiger partial charge >= 0.3 is 0 Å². The van der Waals surface area contributed by atoms with E-state index >= 15 is 0 Å². The minimum Gasteiger partial charge on any atom is -0.497 e. The minimum atomic E-state index is -0.832. The summed E-state index contributed by atoms with van der Waals surface area (Å²) in [6.07, 6.45) is 22.1. The van der Waals surface area contributed by atoms with Gasteiger partial charge in [0, 0.05) is 5.56 Å². The first-order chi connectivity index (χ1) is 17.2. The molecule has 4 heteroatoms. The van der Waals surface area contributed by atoms with Gasteiger partial charge in [0.2, 0.25) is 12.1 Å². The Morgan fingerprint density at radius 3 is 1.49 bits per heavy atom. The molecule has 0 aromatic heterocycles. The number of Topliss-reactive ketones (excluding diaryl/α,β-unsaturated/α-hetero) is 1. The fraction of sp³-hybridized carbons (Fsp3) is 0.645. The van der Waals surface area contributed by atoms with Crippen LogP contribution in [0, 0.1) is 0 Å². The Hall–Kier alpha value is -1.91. The molecule has 0 saturated heterocycles. The van der Waals surface area contributed by atoms with E-state index in [1.54, 1.807) is 31.4 Å². The van der Waals surface area contributed by atoms with Gasteiger partial charge in [-0.15, -0.1) is 13.2 Å². The highest BCUT2D eigenvalue weighted by Gasteiger charge is 2.21. The number of benzene rings is 1. The van der Waals surface area contributed by atoms with Gasteiger partial charge in [0.25, 0.3) is 0 Å². The van der Waals surface area contributed by atoms with E-state index in [2.05, 4.69) is 13.2 Å². The van der Waals surface area contributed by atoms with Crippen LogP contribution in [-0.2, 0) is 9.47 Å². The van der Waals surface area contributed by atoms with Crippen molar-refractivity contribution in [3.05, 3.63) is 55.1 Å². The second-order valence-electron chi connectivity index (χ2n) is 9.27. The predicted octanol–water partition coefficient (Wildman–Crippen LogP) is 8.85. The van der Waals surface area contributed by atoms with E-state index < -0.39 is 6.29 Å². The number of carbonyl (C=O) groups is 1. The SMILES string of the molecule is C=CCCCCCCCCCOC(OCCCCCCCCCC=C)C(=O)c1ccc(OC)cc1. The molecule has 0 bridgehead atoms. The van der Waals surface area contributed by atoms with Crippen LogP contribution in [0.15, 0.2) is 49.6 Å². The number of hydrogen-bond donors (Lipinski definition) is 0. The van der Waals surface area contributed by atoms with Gasteiger partial charge in [0.05, 0.1) is 20.3 Å². The molecule has 0 radical (unpaired) electrons. The van der Waals surface area contributed by atoms with Gasteiger partial charge in [-0.2, -0.15) is 0 Å². The Labute approximate surface area is 215 Å². The van der Waals surface area contributed by atoms with Crippen LogP contribution in [-0.4, -0.2) is 32.4 Å². The Bertz CT molecular complexity index is 624. The number of rotatable bonds is 25. The molecule has 35 heavy (non-hydrogen) atoms. The van der Waals surface area contributed by atoms with Crippen LogP contribution in [0.3, 0.4) is 0 Å². The first-order valence-electron chi connectivity index (χ1n) is 13.9. The van der Waals surface area contributed by atoms with Gasteiger partial charge in [0.1, 0.15) is 5.75 Å². The predicted molar refractivity (Wildman–Crippen MR) is 147 cm³/mol. The Morgan fingerprint density at radius 1 is 0.686 bits per heavy atom. The normalized spacial score (nSPS) is 11.0. The minimum absolute atomic E-state index is 0.114. The second kappa shape index (κ2) is 22.5. The van der Waals surface area contributed by atoms with Crippen molar-refractivity contribution in [3.63, 3.8) is 0 Å². The van der Waals surface area contributed by atoms with Crippen molar-refractivity contribution in [1.82, 2.24) is 0 Å². The molecule has 0 aliphatic rings. The quantitative estimate of drug-likeness (QED) is 0.0599. The van der Waals surface area contributed by atoms with Gasteiger partial charge in [-0.3, -0.25) is 4.79 Å². The molecule has 1 aromatic carbocycles. The average Bonchev–Trinajstić information content (AvgIpc) is 2.89. The van der Waals surface area contributed by atoms with Gasteiger partial charge in [0.15, 0.2) is 0 Å². The molecule has 0 fully saturated rings. The van der Waals surface area contributed by atoms with E-state index in [0.29, 0.717) is 18.8 Å². The van der Waals surface area contributed by atoms with Crippen LogP contribution < -0.4 is 4.74 Å². The summed E-state index contributed by atoms with van der Waals surface area (Å²) in [6, 6.07) is 7.15. The zero-order chi connectivity index (χ0) is 25.4. The van der Waals surface area contributed by atoms with Gasteiger partial charge in [-0.1, -0.05) is 76.4 Å². The summed E-state index contributed by atoms with van der Waals surface area (Å²) in [6.45, 7) is 8.64. The number of hydrogen-bond acceptors (Lipinski definition) is 4. The van der Waals surface area contributed by atoms with E-state index in [4.69, 9.17) is 14.2 Å². The summed E-state index contributed by atoms with van der Waals surface area (Å²) in [5.74, 6) is 0.617. The Balaban J connectivity index is 2.33. The molecule has 0 heterocycles. The first kappa shape index (κ1) is 31.1. The van der Waals surface area contributed by atoms with Crippen molar-refractivity contribution in [3.8, 4) is 5.75 Å². The van der Waals surface area contributed by atoms with Crippen LogP contribution in [0.25, 0.3) is 0 Å². The van der Waals surface area contributed by atoms with Crippen molar-refractivity contribution in [1.29, 1.82) is 0 Å². The summed E-state index contributed by atoms with van der Waals surface area (Å²) in [5.41, 5.74) is 0.592. The number of carbonyl (C=O) groups excluding carboxylic acids is 1. The molecule has 0 amide bonds. The van der Waals surface area contributed by atoms with Gasteiger partial charge in [-0.25, -0.2) is 0 Å². The first-order valence-corrected chi connectivity index (χ1v) is 13.9. The van der Waals surface area contributed by atoms with Crippen molar-refractivity contribution < 1.29 is 19.0 Å². The summed E-state index contributed by atoms with van der Waals surface area (Å²) in [5, 5.41) is 0. The topological polar surface area (TPSA) is 44.8 Å². The van der Waals surface area contributed by atoms with Gasteiger partial charge < -0.3 is 14.2 Å². The molecule has 0 aliphatic carbocycles. The molecular weight excluding hydrogens is 436 g/mol. The Kier molecular flexibility index (Phi) is 20.0. The standard InChI is InChI=1S/C31H50O4/c1-4-6-8-10-12-14-16-18-20-26-34-31(30(32)28-22-24-29(33-3)25-23-28)35-27-21-19-17-15-13-11-9-7-5-2/h4-5,22-25,31H,1-2,6-21,26-27H2,3H3. The maximum atomic E-state index is 13.0. The number of methoxy groups -OCH3 is 1. The molecule has 0 saturated carbocycles. The van der Waals surface area contributed by atoms with Crippen molar-refractivity contribution in [2.75, 3.05) is 20.3 Å². The molecule has 198 valence electrons. The van der Waals surface area contributed by atoms with Crippen LogP contribution in [0.1, 0.15) is 113 Å². The highest BCUT2D eigenvalue weighted by molar-refractivity contribution is 5.98. The third-order valence-electron chi connectivity index (χ3n) is 6.23. The fourth-order valence-electron chi connectivity index (χ4n) is 4.02. The molecule has 1 rings (SSSR count). The molecule has 0 atom stereocenters. The van der Waals surface area contributed by atoms with E-state index in [0.717, 1.165) is 44.3 Å². The fourth-order valence-corrected chi connectivity index (χ4v) is 4.02. The summed E-state index contributed by atoms with van der Waals surface area (Å²) >= 11 is 0. The van der Waals surface area contributed by atoms with Crippen molar-refractivity contribution in [2.45, 2.75) is 109 Å². The van der Waals surface area contributed by atoms with E-state index in [9.17, 15) is 4.79 Å². The highest BCUT2D eigenvalue weighted by atomic mass is 16.7. The highest BCUT2D eigenvalue weighted by Crippen LogP contribution is 2.16. The molecule has 0 N–H and O–H groups in total. The third kappa shape index (κ3) is 16.4. The van der Waals surface area contributed by atoms with Crippen molar-refractivity contribution >= 4 is 5.78 Å². The van der Waals surface area contributed by atoms with Crippen LogP contribution in [0.5, 0.6) is 5.75 Å². The van der Waals surface area contributed by atoms with Crippen LogP contribution in [0.4, 0.5) is 0 Å². The van der Waals surface area contributed by atoms with Gasteiger partial charge in [-0.05, 0) is 62.8 Å². The zero-order valence-corrected chi connectivity index (χ0v) is 22.3. The lowest BCUT2D eigenvalue weighted by molar-refractivity contribution is -0.115. The zero-order valence-electron chi connectivity index (χ0n) is 22.3. The Morgan fingerprint density at radius 2 is 1.09 bits per heavy atom.